The molecule has 1 unspecified atom stereocenters. The molecule has 3 rings (SSSR count). The second kappa shape index (κ2) is 8.78. The van der Waals surface area contributed by atoms with Gasteiger partial charge >= 0.3 is 11.9 Å². The lowest BCUT2D eigenvalue weighted by molar-refractivity contribution is -0.147. The van der Waals surface area contributed by atoms with E-state index < -0.39 is 11.9 Å². The molecule has 6 nitrogen and oxygen atoms in total. The van der Waals surface area contributed by atoms with Gasteiger partial charge in [-0.2, -0.15) is 0 Å². The fraction of sp³-hybridized carbons (Fsp3) is 0.364. The van der Waals surface area contributed by atoms with Gasteiger partial charge in [-0.25, -0.2) is 0 Å². The molecule has 1 N–H and O–H groups in total. The van der Waals surface area contributed by atoms with Crippen molar-refractivity contribution in [1.82, 2.24) is 0 Å². The maximum Gasteiger partial charge on any atom is 0.306 e. The Morgan fingerprint density at radius 2 is 1.86 bits per heavy atom. The van der Waals surface area contributed by atoms with Crippen molar-refractivity contribution in [2.24, 2.45) is 0 Å². The molecular weight excluding hydrogens is 356 g/mol. The number of carbonyl (C=O) groups is 2. The van der Waals surface area contributed by atoms with E-state index >= 15 is 0 Å². The number of nitrogens with zero attached hydrogens (tertiary/aromatic N) is 2. The number of ether oxygens (including phenoxy) is 1. The molecule has 0 fully saturated rings. The number of hydrogen-bond acceptors (Lipinski definition) is 5. The first-order valence-corrected chi connectivity index (χ1v) is 9.45. The predicted molar refractivity (Wildman–Crippen MR) is 109 cm³/mol. The number of carboxylic acid groups (broad SMARTS) is 1. The molecule has 1 atom stereocenters. The fourth-order valence-corrected chi connectivity index (χ4v) is 3.54. The molecule has 6 heteroatoms. The number of fused-ring (bicyclic) bond motifs is 1. The highest BCUT2D eigenvalue weighted by Gasteiger charge is 2.27. The SMILES string of the molecule is CN(CCOC(=O)CCC(=O)O)c1ccc(C2Cc3ccccc3N2C)cc1. The van der Waals surface area contributed by atoms with E-state index in [1.807, 2.05) is 11.9 Å². The molecule has 0 aromatic heterocycles. The number of likely N-dealkylation sites (N-methyl/N-ethyl adjacent to an activating group) is 2. The summed E-state index contributed by atoms with van der Waals surface area (Å²) in [5, 5.41) is 8.57. The van der Waals surface area contributed by atoms with Gasteiger partial charge in [0.15, 0.2) is 0 Å². The molecule has 0 amide bonds. The second-order valence-electron chi connectivity index (χ2n) is 7.09. The van der Waals surface area contributed by atoms with Gasteiger partial charge in [0.2, 0.25) is 0 Å². The predicted octanol–water partition coefficient (Wildman–Crippen LogP) is 3.26. The van der Waals surface area contributed by atoms with Crippen LogP contribution in [0.2, 0.25) is 0 Å². The Morgan fingerprint density at radius 3 is 2.54 bits per heavy atom. The Morgan fingerprint density at radius 1 is 1.14 bits per heavy atom. The van der Waals surface area contributed by atoms with Gasteiger partial charge in [0.05, 0.1) is 25.4 Å². The van der Waals surface area contributed by atoms with Crippen molar-refractivity contribution in [3.05, 3.63) is 59.7 Å². The lowest BCUT2D eigenvalue weighted by Gasteiger charge is -2.24. The van der Waals surface area contributed by atoms with Gasteiger partial charge in [0, 0.05) is 25.5 Å². The van der Waals surface area contributed by atoms with Crippen LogP contribution in [0.5, 0.6) is 0 Å². The molecule has 0 spiro atoms. The number of hydrogen-bond donors (Lipinski definition) is 1. The van der Waals surface area contributed by atoms with E-state index in [0.29, 0.717) is 12.6 Å². The summed E-state index contributed by atoms with van der Waals surface area (Å²) in [4.78, 5) is 26.3. The second-order valence-corrected chi connectivity index (χ2v) is 7.09. The van der Waals surface area contributed by atoms with Crippen molar-refractivity contribution in [2.75, 3.05) is 37.0 Å². The van der Waals surface area contributed by atoms with Gasteiger partial charge in [-0.1, -0.05) is 30.3 Å². The quantitative estimate of drug-likeness (QED) is 0.707. The molecule has 2 aromatic rings. The maximum absolute atomic E-state index is 11.5. The van der Waals surface area contributed by atoms with E-state index in [1.54, 1.807) is 0 Å². The number of anilines is 2. The van der Waals surface area contributed by atoms with Crippen molar-refractivity contribution in [2.45, 2.75) is 25.3 Å². The van der Waals surface area contributed by atoms with Crippen molar-refractivity contribution in [1.29, 1.82) is 0 Å². The average molecular weight is 382 g/mol. The summed E-state index contributed by atoms with van der Waals surface area (Å²) in [5.74, 6) is -1.47. The molecule has 0 bridgehead atoms. The summed E-state index contributed by atoms with van der Waals surface area (Å²) in [6.45, 7) is 0.782. The van der Waals surface area contributed by atoms with E-state index in [9.17, 15) is 9.59 Å². The van der Waals surface area contributed by atoms with Crippen molar-refractivity contribution < 1.29 is 19.4 Å². The highest BCUT2D eigenvalue weighted by Crippen LogP contribution is 2.39. The van der Waals surface area contributed by atoms with E-state index in [0.717, 1.165) is 12.1 Å². The lowest BCUT2D eigenvalue weighted by atomic mass is 10.0. The minimum absolute atomic E-state index is 0.0922. The number of benzene rings is 2. The normalized spacial score (nSPS) is 15.2. The van der Waals surface area contributed by atoms with Crippen molar-refractivity contribution in [3.8, 4) is 0 Å². The zero-order chi connectivity index (χ0) is 20.1. The van der Waals surface area contributed by atoms with Gasteiger partial charge in [0.1, 0.15) is 6.61 Å². The number of carbonyl (C=O) groups excluding carboxylic acids is 1. The third-order valence-corrected chi connectivity index (χ3v) is 5.20. The van der Waals surface area contributed by atoms with Gasteiger partial charge in [-0.15, -0.1) is 0 Å². The van der Waals surface area contributed by atoms with Crippen LogP contribution in [0.3, 0.4) is 0 Å². The largest absolute Gasteiger partial charge is 0.481 e. The first-order chi connectivity index (χ1) is 13.5. The minimum atomic E-state index is -0.995. The van der Waals surface area contributed by atoms with Gasteiger partial charge in [0.25, 0.3) is 0 Å². The monoisotopic (exact) mass is 382 g/mol. The zero-order valence-electron chi connectivity index (χ0n) is 16.3. The Hall–Kier alpha value is -3.02. The highest BCUT2D eigenvalue weighted by atomic mass is 16.5. The van der Waals surface area contributed by atoms with Crippen LogP contribution in [0.1, 0.15) is 30.0 Å². The first kappa shape index (κ1) is 19.7. The topological polar surface area (TPSA) is 70.1 Å². The third-order valence-electron chi connectivity index (χ3n) is 5.20. The standard InChI is InChI=1S/C22H26N2O4/c1-23(13-14-28-22(27)12-11-21(25)26)18-9-7-16(8-10-18)20-15-17-5-3-4-6-19(17)24(20)2/h3-10,20H,11-15H2,1-2H3,(H,25,26). The van der Waals surface area contributed by atoms with Crippen LogP contribution >= 0.6 is 0 Å². The van der Waals surface area contributed by atoms with E-state index in [-0.39, 0.29) is 19.4 Å². The Balaban J connectivity index is 1.52. The van der Waals surface area contributed by atoms with Gasteiger partial charge < -0.3 is 19.6 Å². The van der Waals surface area contributed by atoms with Crippen LogP contribution in [0, 0.1) is 0 Å². The lowest BCUT2D eigenvalue weighted by Crippen LogP contribution is -2.24. The molecule has 0 aliphatic carbocycles. The van der Waals surface area contributed by atoms with E-state index in [4.69, 9.17) is 9.84 Å². The molecule has 1 heterocycles. The molecule has 148 valence electrons. The smallest absolute Gasteiger partial charge is 0.306 e. The van der Waals surface area contributed by atoms with Crippen LogP contribution < -0.4 is 9.80 Å². The number of carboxylic acids is 1. The summed E-state index contributed by atoms with van der Waals surface area (Å²) in [5.41, 5.74) is 4.98. The number of para-hydroxylation sites is 1. The Kier molecular flexibility index (Phi) is 6.19. The number of aliphatic carboxylic acids is 1. The highest BCUT2D eigenvalue weighted by molar-refractivity contribution is 5.76. The molecule has 0 radical (unpaired) electrons. The van der Waals surface area contributed by atoms with Crippen LogP contribution in [0.15, 0.2) is 48.5 Å². The summed E-state index contributed by atoms with van der Waals surface area (Å²) in [6.07, 6.45) is 0.717. The van der Waals surface area contributed by atoms with Crippen LogP contribution in [-0.2, 0) is 20.7 Å². The molecular formula is C22H26N2O4. The van der Waals surface area contributed by atoms with E-state index in [1.165, 1.54) is 16.8 Å². The zero-order valence-corrected chi connectivity index (χ0v) is 16.3. The molecule has 1 aliphatic heterocycles. The number of esters is 1. The Bertz CT molecular complexity index is 835. The summed E-state index contributed by atoms with van der Waals surface area (Å²) < 4.78 is 5.09. The van der Waals surface area contributed by atoms with Crippen molar-refractivity contribution >= 4 is 23.3 Å². The van der Waals surface area contributed by atoms with Gasteiger partial charge in [-0.3, -0.25) is 9.59 Å². The maximum atomic E-state index is 11.5. The number of rotatable bonds is 8. The summed E-state index contributed by atoms with van der Waals surface area (Å²) in [7, 11) is 4.08. The van der Waals surface area contributed by atoms with Crippen LogP contribution in [0.4, 0.5) is 11.4 Å². The van der Waals surface area contributed by atoms with Gasteiger partial charge in [-0.05, 0) is 35.7 Å². The minimum Gasteiger partial charge on any atom is -0.481 e. The third kappa shape index (κ3) is 4.63. The van der Waals surface area contributed by atoms with Crippen LogP contribution in [-0.4, -0.2) is 44.3 Å². The summed E-state index contributed by atoms with van der Waals surface area (Å²) in [6, 6.07) is 17.3. The van der Waals surface area contributed by atoms with Crippen molar-refractivity contribution in [3.63, 3.8) is 0 Å². The fourth-order valence-electron chi connectivity index (χ4n) is 3.54. The molecule has 1 aliphatic rings. The van der Waals surface area contributed by atoms with E-state index in [2.05, 4.69) is 60.5 Å². The molecule has 28 heavy (non-hydrogen) atoms. The Labute approximate surface area is 165 Å². The molecule has 2 aromatic carbocycles. The first-order valence-electron chi connectivity index (χ1n) is 9.45. The molecule has 0 saturated heterocycles. The van der Waals surface area contributed by atoms with Crippen LogP contribution in [0.25, 0.3) is 0 Å². The average Bonchev–Trinajstić information content (AvgIpc) is 3.03. The molecule has 0 saturated carbocycles. The summed E-state index contributed by atoms with van der Waals surface area (Å²) >= 11 is 0.